The van der Waals surface area contributed by atoms with Crippen molar-refractivity contribution in [1.29, 1.82) is 0 Å². The van der Waals surface area contributed by atoms with E-state index in [1.165, 1.54) is 6.07 Å². The molecule has 1 N–H and O–H groups in total. The lowest BCUT2D eigenvalue weighted by molar-refractivity contribution is -0.385. The predicted molar refractivity (Wildman–Crippen MR) is 96.8 cm³/mol. The van der Waals surface area contributed by atoms with Gasteiger partial charge < -0.3 is 5.32 Å². The van der Waals surface area contributed by atoms with Crippen molar-refractivity contribution in [3.8, 4) is 0 Å². The zero-order chi connectivity index (χ0) is 18.5. The van der Waals surface area contributed by atoms with E-state index in [4.69, 9.17) is 0 Å². The molecule has 0 radical (unpaired) electrons. The quantitative estimate of drug-likeness (QED) is 0.546. The van der Waals surface area contributed by atoms with Gasteiger partial charge in [-0.15, -0.1) is 0 Å². The molecule has 0 unspecified atom stereocenters. The number of benzene rings is 2. The minimum atomic E-state index is -0.482. The summed E-state index contributed by atoms with van der Waals surface area (Å²) in [5, 5.41) is 17.9. The number of carbonyl (C=O) groups is 1. The number of nitrogens with zero attached hydrogens (tertiary/aromatic N) is 3. The van der Waals surface area contributed by atoms with Gasteiger partial charge in [0.05, 0.1) is 11.5 Å². The summed E-state index contributed by atoms with van der Waals surface area (Å²) in [7, 11) is 0. The topological polar surface area (TPSA) is 90.1 Å². The summed E-state index contributed by atoms with van der Waals surface area (Å²) >= 11 is 0. The average molecular weight is 350 g/mol. The molecule has 2 aromatic carbocycles. The van der Waals surface area contributed by atoms with Crippen molar-refractivity contribution in [3.63, 3.8) is 0 Å². The van der Waals surface area contributed by atoms with Crippen molar-refractivity contribution in [2.24, 2.45) is 0 Å². The molecule has 1 amide bonds. The van der Waals surface area contributed by atoms with Crippen LogP contribution >= 0.6 is 0 Å². The van der Waals surface area contributed by atoms with Gasteiger partial charge in [-0.3, -0.25) is 19.6 Å². The molecule has 1 aromatic heterocycles. The van der Waals surface area contributed by atoms with Crippen molar-refractivity contribution >= 4 is 11.6 Å². The van der Waals surface area contributed by atoms with E-state index in [0.717, 1.165) is 11.1 Å². The summed E-state index contributed by atoms with van der Waals surface area (Å²) in [4.78, 5) is 22.7. The largest absolute Gasteiger partial charge is 0.348 e. The zero-order valence-corrected chi connectivity index (χ0v) is 14.3. The van der Waals surface area contributed by atoms with Crippen LogP contribution in [-0.2, 0) is 13.1 Å². The molecule has 0 saturated carbocycles. The van der Waals surface area contributed by atoms with Gasteiger partial charge in [0, 0.05) is 36.1 Å². The summed E-state index contributed by atoms with van der Waals surface area (Å²) in [6.45, 7) is 2.68. The molecule has 3 aromatic rings. The molecular formula is C19H18N4O3. The number of nitro groups is 1. The number of hydrogen-bond acceptors (Lipinski definition) is 4. The minimum absolute atomic E-state index is 0.0550. The van der Waals surface area contributed by atoms with Crippen LogP contribution in [0.2, 0.25) is 0 Å². The van der Waals surface area contributed by atoms with E-state index in [1.807, 2.05) is 41.2 Å². The Bertz CT molecular complexity index is 918. The van der Waals surface area contributed by atoms with E-state index >= 15 is 0 Å². The number of rotatable bonds is 6. The maximum Gasteiger partial charge on any atom is 0.273 e. The molecule has 3 rings (SSSR count). The summed E-state index contributed by atoms with van der Waals surface area (Å²) in [6.07, 6.45) is 3.63. The minimum Gasteiger partial charge on any atom is -0.348 e. The van der Waals surface area contributed by atoms with Crippen LogP contribution in [0.3, 0.4) is 0 Å². The Balaban J connectivity index is 1.61. The van der Waals surface area contributed by atoms with Crippen molar-refractivity contribution in [2.75, 3.05) is 0 Å². The van der Waals surface area contributed by atoms with Gasteiger partial charge in [0.2, 0.25) is 0 Å². The fourth-order valence-electron chi connectivity index (χ4n) is 2.58. The van der Waals surface area contributed by atoms with Crippen molar-refractivity contribution in [2.45, 2.75) is 20.0 Å². The monoisotopic (exact) mass is 350 g/mol. The van der Waals surface area contributed by atoms with Crippen LogP contribution in [0.5, 0.6) is 0 Å². The smallest absolute Gasteiger partial charge is 0.273 e. The normalized spacial score (nSPS) is 10.5. The Labute approximate surface area is 150 Å². The number of aromatic nitrogens is 2. The van der Waals surface area contributed by atoms with E-state index in [-0.39, 0.29) is 17.2 Å². The SMILES string of the molecule is Cc1ccc(C(=O)NCc2ccc(Cn3cccn3)cc2)cc1[N+](=O)[O-]. The molecule has 0 aliphatic carbocycles. The first-order valence-electron chi connectivity index (χ1n) is 8.11. The first-order valence-corrected chi connectivity index (χ1v) is 8.11. The highest BCUT2D eigenvalue weighted by molar-refractivity contribution is 5.94. The molecule has 7 heteroatoms. The summed E-state index contributed by atoms with van der Waals surface area (Å²) in [5.74, 6) is -0.339. The second kappa shape index (κ2) is 7.60. The molecule has 0 aliphatic heterocycles. The number of carbonyl (C=O) groups excluding carboxylic acids is 1. The Kier molecular flexibility index (Phi) is 5.07. The number of hydrogen-bond donors (Lipinski definition) is 1. The molecule has 0 bridgehead atoms. The molecule has 1 heterocycles. The summed E-state index contributed by atoms with van der Waals surface area (Å²) in [5.41, 5.74) is 2.81. The number of aryl methyl sites for hydroxylation is 1. The summed E-state index contributed by atoms with van der Waals surface area (Å²) in [6, 6.07) is 14.2. The first kappa shape index (κ1) is 17.3. The molecule has 0 atom stereocenters. The van der Waals surface area contributed by atoms with Crippen LogP contribution in [0, 0.1) is 17.0 Å². The molecule has 132 valence electrons. The van der Waals surface area contributed by atoms with E-state index in [2.05, 4.69) is 10.4 Å². The predicted octanol–water partition coefficient (Wildman–Crippen LogP) is 3.08. The Morgan fingerprint density at radius 1 is 1.19 bits per heavy atom. The highest BCUT2D eigenvalue weighted by atomic mass is 16.6. The van der Waals surface area contributed by atoms with Crippen LogP contribution in [0.4, 0.5) is 5.69 Å². The van der Waals surface area contributed by atoms with Crippen LogP contribution in [-0.4, -0.2) is 20.6 Å². The van der Waals surface area contributed by atoms with E-state index in [1.54, 1.807) is 25.3 Å². The maximum atomic E-state index is 12.2. The molecule has 0 aliphatic rings. The van der Waals surface area contributed by atoms with Gasteiger partial charge in [0.25, 0.3) is 11.6 Å². The molecule has 0 spiro atoms. The summed E-state index contributed by atoms with van der Waals surface area (Å²) < 4.78 is 1.83. The molecule has 0 saturated heterocycles. The molecule has 26 heavy (non-hydrogen) atoms. The lowest BCUT2D eigenvalue weighted by atomic mass is 10.1. The average Bonchev–Trinajstić information content (AvgIpc) is 3.14. The van der Waals surface area contributed by atoms with E-state index < -0.39 is 4.92 Å². The fourth-order valence-corrected chi connectivity index (χ4v) is 2.58. The number of nitro benzene ring substituents is 1. The standard InChI is InChI=1S/C19H18N4O3/c1-14-3-8-17(11-18(14)23(25)26)19(24)20-12-15-4-6-16(7-5-15)13-22-10-2-9-21-22/h2-11H,12-13H2,1H3,(H,20,24). The lowest BCUT2D eigenvalue weighted by Crippen LogP contribution is -2.22. The zero-order valence-electron chi connectivity index (χ0n) is 14.3. The van der Waals surface area contributed by atoms with Gasteiger partial charge in [0.1, 0.15) is 0 Å². The third-order valence-electron chi connectivity index (χ3n) is 4.05. The van der Waals surface area contributed by atoms with Gasteiger partial charge in [-0.2, -0.15) is 5.10 Å². The van der Waals surface area contributed by atoms with Crippen LogP contribution in [0.1, 0.15) is 27.0 Å². The molecular weight excluding hydrogens is 332 g/mol. The number of nitrogens with one attached hydrogen (secondary N) is 1. The van der Waals surface area contributed by atoms with Crippen molar-refractivity contribution < 1.29 is 9.72 Å². The molecule has 0 fully saturated rings. The third-order valence-corrected chi connectivity index (χ3v) is 4.05. The van der Waals surface area contributed by atoms with E-state index in [9.17, 15) is 14.9 Å². The van der Waals surface area contributed by atoms with Crippen LogP contribution in [0.15, 0.2) is 60.9 Å². The second-order valence-electron chi connectivity index (χ2n) is 5.96. The second-order valence-corrected chi connectivity index (χ2v) is 5.96. The van der Waals surface area contributed by atoms with Crippen molar-refractivity contribution in [3.05, 3.63) is 93.3 Å². The Hall–Kier alpha value is -3.48. The van der Waals surface area contributed by atoms with Crippen LogP contribution < -0.4 is 5.32 Å². The fraction of sp³-hybridized carbons (Fsp3) is 0.158. The van der Waals surface area contributed by atoms with Gasteiger partial charge in [-0.1, -0.05) is 30.3 Å². The Morgan fingerprint density at radius 3 is 2.58 bits per heavy atom. The third kappa shape index (κ3) is 4.13. The van der Waals surface area contributed by atoms with Crippen LogP contribution in [0.25, 0.3) is 0 Å². The van der Waals surface area contributed by atoms with Gasteiger partial charge in [-0.25, -0.2) is 0 Å². The van der Waals surface area contributed by atoms with Gasteiger partial charge in [0.15, 0.2) is 0 Å². The maximum absolute atomic E-state index is 12.2. The lowest BCUT2D eigenvalue weighted by Gasteiger charge is -2.08. The highest BCUT2D eigenvalue weighted by Gasteiger charge is 2.14. The van der Waals surface area contributed by atoms with Gasteiger partial charge in [-0.05, 0) is 30.2 Å². The van der Waals surface area contributed by atoms with Gasteiger partial charge >= 0.3 is 0 Å². The number of amides is 1. The first-order chi connectivity index (χ1) is 12.5. The Morgan fingerprint density at radius 2 is 1.92 bits per heavy atom. The van der Waals surface area contributed by atoms with Crippen molar-refractivity contribution in [1.82, 2.24) is 15.1 Å². The highest BCUT2D eigenvalue weighted by Crippen LogP contribution is 2.19. The van der Waals surface area contributed by atoms with E-state index in [0.29, 0.717) is 18.7 Å². The molecule has 7 nitrogen and oxygen atoms in total.